The number of likely N-dealkylation sites (tertiary alicyclic amines) is 1. The van der Waals surface area contributed by atoms with E-state index in [2.05, 4.69) is 29.2 Å². The third-order valence-corrected chi connectivity index (χ3v) is 8.69. The number of amides is 2. The zero-order valence-corrected chi connectivity index (χ0v) is 26.0. The van der Waals surface area contributed by atoms with Crippen molar-refractivity contribution in [2.24, 2.45) is 5.92 Å². The van der Waals surface area contributed by atoms with Crippen molar-refractivity contribution in [1.29, 1.82) is 0 Å². The molecular weight excluding hydrogens is 591 g/mol. The maximum Gasteiger partial charge on any atom is 0.493 e. The molecule has 46 heavy (non-hydrogen) atoms. The van der Waals surface area contributed by atoms with Crippen LogP contribution in [0.15, 0.2) is 103 Å². The third-order valence-electron chi connectivity index (χ3n) is 8.69. The number of urea groups is 1. The smallest absolute Gasteiger partial charge is 0.327 e. The molecule has 9 heteroatoms. The quantitative estimate of drug-likeness (QED) is 0.166. The highest BCUT2D eigenvalue weighted by Gasteiger charge is 2.45. The predicted molar refractivity (Wildman–Crippen MR) is 173 cm³/mol. The van der Waals surface area contributed by atoms with Gasteiger partial charge in [0.2, 0.25) is 0 Å². The number of hydrogen-bond donors (Lipinski definition) is 0. The van der Waals surface area contributed by atoms with Gasteiger partial charge in [0.05, 0.1) is 6.04 Å². The zero-order valence-electron chi connectivity index (χ0n) is 26.0. The Balaban J connectivity index is 1.31. The van der Waals surface area contributed by atoms with Crippen LogP contribution < -0.4 is 0 Å². The van der Waals surface area contributed by atoms with Crippen LogP contribution in [-0.4, -0.2) is 59.2 Å². The second-order valence-corrected chi connectivity index (χ2v) is 12.0. The number of carbonyl (C=O) groups is 2. The van der Waals surface area contributed by atoms with Gasteiger partial charge in [-0.1, -0.05) is 103 Å². The summed E-state index contributed by atoms with van der Waals surface area (Å²) >= 11 is 0. The topological polar surface area (TPSA) is 53.1 Å². The van der Waals surface area contributed by atoms with Crippen molar-refractivity contribution in [2.45, 2.75) is 51.4 Å². The summed E-state index contributed by atoms with van der Waals surface area (Å²) in [7, 11) is 0. The van der Waals surface area contributed by atoms with Gasteiger partial charge >= 0.3 is 18.2 Å². The molecule has 1 atom stereocenters. The van der Waals surface area contributed by atoms with Crippen LogP contribution in [0.1, 0.15) is 48.9 Å². The van der Waals surface area contributed by atoms with E-state index < -0.39 is 24.2 Å². The number of alkyl halides is 3. The van der Waals surface area contributed by atoms with Gasteiger partial charge in [-0.3, -0.25) is 0 Å². The van der Waals surface area contributed by atoms with Crippen LogP contribution >= 0.6 is 0 Å². The number of rotatable bonds is 10. The van der Waals surface area contributed by atoms with Crippen LogP contribution in [0.3, 0.4) is 0 Å². The lowest BCUT2D eigenvalue weighted by atomic mass is 9.90. The molecule has 2 amide bonds. The van der Waals surface area contributed by atoms with Crippen LogP contribution in [0.5, 0.6) is 0 Å². The highest BCUT2D eigenvalue weighted by Crippen LogP contribution is 2.31. The molecule has 1 saturated heterocycles. The molecule has 0 bridgehead atoms. The van der Waals surface area contributed by atoms with Gasteiger partial charge in [-0.25, -0.2) is 9.59 Å². The molecule has 1 aliphatic rings. The summed E-state index contributed by atoms with van der Waals surface area (Å²) in [5.41, 5.74) is 2.74. The van der Waals surface area contributed by atoms with Crippen molar-refractivity contribution in [1.82, 2.24) is 14.9 Å². The summed E-state index contributed by atoms with van der Waals surface area (Å²) in [5, 5.41) is 2.20. The second-order valence-electron chi connectivity index (χ2n) is 12.0. The van der Waals surface area contributed by atoms with E-state index in [1.165, 1.54) is 10.5 Å². The second kappa shape index (κ2) is 15.3. The molecule has 0 unspecified atom stereocenters. The Morgan fingerprint density at radius 1 is 0.848 bits per heavy atom. The number of halogens is 3. The summed E-state index contributed by atoms with van der Waals surface area (Å²) in [4.78, 5) is 35.1. The Hall–Kier alpha value is -4.37. The molecule has 1 heterocycles. The summed E-state index contributed by atoms with van der Waals surface area (Å²) in [6.07, 6.45) is -1.41. The minimum absolute atomic E-state index is 0.154. The maximum absolute atomic E-state index is 14.2. The number of hydroxylamine groups is 2. The van der Waals surface area contributed by atoms with Gasteiger partial charge in [-0.15, -0.1) is 5.06 Å². The van der Waals surface area contributed by atoms with E-state index in [1.807, 2.05) is 66.7 Å². The van der Waals surface area contributed by atoms with Crippen LogP contribution in [-0.2, 0) is 22.6 Å². The largest absolute Gasteiger partial charge is 0.493 e. The van der Waals surface area contributed by atoms with Gasteiger partial charge in [-0.2, -0.15) is 13.2 Å². The first-order valence-corrected chi connectivity index (χ1v) is 15.8. The molecule has 242 valence electrons. The van der Waals surface area contributed by atoms with Crippen molar-refractivity contribution in [2.75, 3.05) is 26.2 Å². The van der Waals surface area contributed by atoms with Gasteiger partial charge < -0.3 is 14.6 Å². The lowest BCUT2D eigenvalue weighted by Crippen LogP contribution is -2.47. The van der Waals surface area contributed by atoms with Crippen molar-refractivity contribution in [3.63, 3.8) is 0 Å². The lowest BCUT2D eigenvalue weighted by Gasteiger charge is -2.35. The molecule has 0 saturated carbocycles. The summed E-state index contributed by atoms with van der Waals surface area (Å²) in [6.45, 7) is 4.66. The van der Waals surface area contributed by atoms with Crippen LogP contribution in [0.4, 0.5) is 18.0 Å². The molecule has 0 N–H and O–H groups in total. The zero-order chi connectivity index (χ0) is 32.5. The van der Waals surface area contributed by atoms with Gasteiger partial charge in [0.15, 0.2) is 0 Å². The van der Waals surface area contributed by atoms with Crippen LogP contribution in [0, 0.1) is 5.92 Å². The van der Waals surface area contributed by atoms with Crippen LogP contribution in [0.25, 0.3) is 10.8 Å². The minimum atomic E-state index is -5.27. The van der Waals surface area contributed by atoms with E-state index in [0.717, 1.165) is 55.2 Å². The Morgan fingerprint density at radius 2 is 1.46 bits per heavy atom. The first kappa shape index (κ1) is 33.0. The van der Waals surface area contributed by atoms with Crippen molar-refractivity contribution in [3.8, 4) is 0 Å². The van der Waals surface area contributed by atoms with E-state index in [-0.39, 0.29) is 13.1 Å². The lowest BCUT2D eigenvalue weighted by molar-refractivity contribution is -0.235. The molecule has 4 aromatic carbocycles. The minimum Gasteiger partial charge on any atom is -0.327 e. The first-order valence-electron chi connectivity index (χ1n) is 15.8. The number of fused-ring (bicyclic) bond motifs is 1. The molecule has 0 radical (unpaired) electrons. The number of piperidine rings is 1. The fourth-order valence-electron chi connectivity index (χ4n) is 6.20. The molecule has 1 aliphatic heterocycles. The average Bonchev–Trinajstić information content (AvgIpc) is 3.07. The molecule has 0 aliphatic carbocycles. The Bertz CT molecular complexity index is 1570. The SMILES string of the molecule is C[C@@H](c1cccc2ccccc12)N(OC(=O)C(F)(F)F)C(=O)N(CCCN1CCC(Cc2ccccc2)CC1)Cc1ccccc1. The van der Waals surface area contributed by atoms with Gasteiger partial charge in [0.1, 0.15) is 0 Å². The van der Waals surface area contributed by atoms with Gasteiger partial charge in [-0.05, 0) is 85.6 Å². The Labute approximate surface area is 268 Å². The third kappa shape index (κ3) is 8.66. The molecule has 0 aromatic heterocycles. The van der Waals surface area contributed by atoms with Crippen molar-refractivity contribution >= 4 is 22.8 Å². The van der Waals surface area contributed by atoms with E-state index in [4.69, 9.17) is 4.84 Å². The highest BCUT2D eigenvalue weighted by molar-refractivity contribution is 5.87. The number of nitrogens with zero attached hydrogens (tertiary/aromatic N) is 3. The molecular formula is C37H40F3N3O3. The summed E-state index contributed by atoms with van der Waals surface area (Å²) in [6, 6.07) is 30.8. The highest BCUT2D eigenvalue weighted by atomic mass is 19.4. The van der Waals surface area contributed by atoms with E-state index in [9.17, 15) is 22.8 Å². The van der Waals surface area contributed by atoms with E-state index >= 15 is 0 Å². The summed E-state index contributed by atoms with van der Waals surface area (Å²) < 4.78 is 40.4. The molecule has 4 aromatic rings. The standard InChI is InChI=1S/C37H40F3N3O3/c1-28(33-19-10-17-32-16-8-9-18-34(32)33)43(46-35(44)37(38,39)40)36(45)42(27-31-14-6-3-7-15-31)23-11-22-41-24-20-30(21-25-41)26-29-12-4-2-5-13-29/h2-10,12-19,28,30H,11,20-27H2,1H3/t28-/m0/s1. The van der Waals surface area contributed by atoms with Crippen molar-refractivity contribution in [3.05, 3.63) is 120 Å². The van der Waals surface area contributed by atoms with Crippen LogP contribution in [0.2, 0.25) is 0 Å². The Morgan fingerprint density at radius 3 is 2.13 bits per heavy atom. The normalized spacial score (nSPS) is 15.0. The number of benzene rings is 4. The average molecular weight is 632 g/mol. The number of hydrogen-bond acceptors (Lipinski definition) is 4. The van der Waals surface area contributed by atoms with E-state index in [1.54, 1.807) is 19.1 Å². The fraction of sp³-hybridized carbons (Fsp3) is 0.351. The van der Waals surface area contributed by atoms with Crippen molar-refractivity contribution < 1.29 is 27.6 Å². The number of carbonyl (C=O) groups excluding carboxylic acids is 2. The molecule has 1 fully saturated rings. The van der Waals surface area contributed by atoms with E-state index in [0.29, 0.717) is 23.0 Å². The molecule has 0 spiro atoms. The Kier molecular flexibility index (Phi) is 11.0. The molecule has 6 nitrogen and oxygen atoms in total. The molecule has 5 rings (SSSR count). The first-order chi connectivity index (χ1) is 22.2. The predicted octanol–water partition coefficient (Wildman–Crippen LogP) is 8.19. The monoisotopic (exact) mass is 631 g/mol. The van der Waals surface area contributed by atoms with Gasteiger partial charge in [0, 0.05) is 13.1 Å². The fourth-order valence-corrected chi connectivity index (χ4v) is 6.20. The maximum atomic E-state index is 14.2. The summed E-state index contributed by atoms with van der Waals surface area (Å²) in [5.74, 6) is -1.81. The van der Waals surface area contributed by atoms with Gasteiger partial charge in [0.25, 0.3) is 0 Å².